The molecule has 1 aliphatic rings. The molecule has 1 heterocycles. The number of hydrogen-bond donors (Lipinski definition) is 1. The molecule has 0 bridgehead atoms. The van der Waals surface area contributed by atoms with Crippen molar-refractivity contribution in [2.45, 2.75) is 59.0 Å². The average molecular weight is 305 g/mol. The van der Waals surface area contributed by atoms with E-state index in [0.717, 1.165) is 25.8 Å². The van der Waals surface area contributed by atoms with E-state index < -0.39 is 10.2 Å². The van der Waals surface area contributed by atoms with E-state index in [0.29, 0.717) is 19.0 Å². The SMILES string of the molecule is CNCC1CCCCN1S(=O)(=O)N(CC(C)C)C(C)C. The highest BCUT2D eigenvalue weighted by atomic mass is 32.2. The second-order valence-electron chi connectivity index (χ2n) is 6.38. The number of piperidine rings is 1. The smallest absolute Gasteiger partial charge is 0.282 e. The second-order valence-corrected chi connectivity index (χ2v) is 8.22. The lowest BCUT2D eigenvalue weighted by Crippen LogP contribution is -2.55. The molecule has 1 rings (SSSR count). The molecule has 120 valence electrons. The van der Waals surface area contributed by atoms with E-state index >= 15 is 0 Å². The summed E-state index contributed by atoms with van der Waals surface area (Å²) in [4.78, 5) is 0. The van der Waals surface area contributed by atoms with Crippen molar-refractivity contribution in [2.75, 3.05) is 26.7 Å². The van der Waals surface area contributed by atoms with Gasteiger partial charge in [-0.3, -0.25) is 0 Å². The van der Waals surface area contributed by atoms with Gasteiger partial charge in [-0.1, -0.05) is 20.3 Å². The standard InChI is InChI=1S/C14H31N3O2S/c1-12(2)11-17(13(3)4)20(18,19)16-9-7-6-8-14(16)10-15-5/h12-15H,6-11H2,1-5H3. The molecule has 20 heavy (non-hydrogen) atoms. The third-order valence-electron chi connectivity index (χ3n) is 3.73. The van der Waals surface area contributed by atoms with Gasteiger partial charge in [0.1, 0.15) is 0 Å². The summed E-state index contributed by atoms with van der Waals surface area (Å²) in [7, 11) is -1.48. The molecule has 0 spiro atoms. The van der Waals surface area contributed by atoms with E-state index in [1.807, 2.05) is 20.9 Å². The number of nitrogens with zero attached hydrogens (tertiary/aromatic N) is 2. The van der Waals surface area contributed by atoms with E-state index in [1.165, 1.54) is 0 Å². The third-order valence-corrected chi connectivity index (χ3v) is 5.96. The lowest BCUT2D eigenvalue weighted by Gasteiger charge is -2.39. The molecule has 6 heteroatoms. The van der Waals surface area contributed by atoms with Crippen molar-refractivity contribution in [3.8, 4) is 0 Å². The molecule has 1 aliphatic heterocycles. The summed E-state index contributed by atoms with van der Waals surface area (Å²) >= 11 is 0. The Morgan fingerprint density at radius 3 is 2.40 bits per heavy atom. The number of nitrogens with one attached hydrogen (secondary N) is 1. The maximum atomic E-state index is 13.0. The minimum Gasteiger partial charge on any atom is -0.318 e. The molecule has 1 fully saturated rings. The van der Waals surface area contributed by atoms with Crippen molar-refractivity contribution in [3.63, 3.8) is 0 Å². The lowest BCUT2D eigenvalue weighted by molar-refractivity contribution is 0.214. The topological polar surface area (TPSA) is 52.7 Å². The van der Waals surface area contributed by atoms with Gasteiger partial charge in [-0.05, 0) is 39.7 Å². The van der Waals surface area contributed by atoms with Crippen LogP contribution in [-0.2, 0) is 10.2 Å². The van der Waals surface area contributed by atoms with Crippen molar-refractivity contribution in [1.82, 2.24) is 13.9 Å². The monoisotopic (exact) mass is 305 g/mol. The van der Waals surface area contributed by atoms with Gasteiger partial charge >= 0.3 is 0 Å². The zero-order chi connectivity index (χ0) is 15.3. The fourth-order valence-electron chi connectivity index (χ4n) is 2.78. The van der Waals surface area contributed by atoms with Crippen LogP contribution in [0.25, 0.3) is 0 Å². The van der Waals surface area contributed by atoms with Crippen LogP contribution in [0.15, 0.2) is 0 Å². The Hall–Kier alpha value is -0.170. The Balaban J connectivity index is 2.97. The summed E-state index contributed by atoms with van der Waals surface area (Å²) in [5, 5.41) is 3.12. The third kappa shape index (κ3) is 4.41. The largest absolute Gasteiger partial charge is 0.318 e. The summed E-state index contributed by atoms with van der Waals surface area (Å²) in [5.41, 5.74) is 0. The molecule has 0 amide bonds. The molecular formula is C14H31N3O2S. The van der Waals surface area contributed by atoms with E-state index in [2.05, 4.69) is 19.2 Å². The molecule has 1 atom stereocenters. The van der Waals surface area contributed by atoms with Gasteiger partial charge in [0.2, 0.25) is 0 Å². The van der Waals surface area contributed by atoms with E-state index in [4.69, 9.17) is 0 Å². The predicted octanol–water partition coefficient (Wildman–Crippen LogP) is 1.67. The quantitative estimate of drug-likeness (QED) is 0.778. The first-order chi connectivity index (χ1) is 9.30. The molecule has 0 saturated carbocycles. The van der Waals surface area contributed by atoms with Gasteiger partial charge in [-0.2, -0.15) is 17.0 Å². The molecule has 1 N–H and O–H groups in total. The Bertz CT molecular complexity index is 380. The summed E-state index contributed by atoms with van der Waals surface area (Å²) in [6.07, 6.45) is 3.03. The number of hydrogen-bond acceptors (Lipinski definition) is 3. The van der Waals surface area contributed by atoms with Crippen molar-refractivity contribution >= 4 is 10.2 Å². The highest BCUT2D eigenvalue weighted by molar-refractivity contribution is 7.86. The van der Waals surface area contributed by atoms with Gasteiger partial charge < -0.3 is 5.32 Å². The summed E-state index contributed by atoms with van der Waals surface area (Å²) in [5.74, 6) is 0.333. The van der Waals surface area contributed by atoms with Gasteiger partial charge in [0, 0.05) is 31.7 Å². The lowest BCUT2D eigenvalue weighted by atomic mass is 10.1. The van der Waals surface area contributed by atoms with Crippen LogP contribution in [0.5, 0.6) is 0 Å². The van der Waals surface area contributed by atoms with Crippen molar-refractivity contribution in [2.24, 2.45) is 5.92 Å². The zero-order valence-corrected chi connectivity index (χ0v) is 14.4. The van der Waals surface area contributed by atoms with Gasteiger partial charge in [-0.15, -0.1) is 0 Å². The van der Waals surface area contributed by atoms with E-state index in [1.54, 1.807) is 8.61 Å². The molecule has 0 aliphatic carbocycles. The second kappa shape index (κ2) is 7.73. The minimum atomic E-state index is -3.36. The average Bonchev–Trinajstić information content (AvgIpc) is 2.36. The molecule has 0 aromatic carbocycles. The van der Waals surface area contributed by atoms with Crippen LogP contribution >= 0.6 is 0 Å². The first kappa shape index (κ1) is 17.9. The molecule has 5 nitrogen and oxygen atoms in total. The van der Waals surface area contributed by atoms with Gasteiger partial charge in [-0.25, -0.2) is 0 Å². The fourth-order valence-corrected chi connectivity index (χ4v) is 4.99. The normalized spacial score (nSPS) is 22.1. The van der Waals surface area contributed by atoms with Gasteiger partial charge in [0.05, 0.1) is 0 Å². The van der Waals surface area contributed by atoms with Gasteiger partial charge in [0.15, 0.2) is 0 Å². The van der Waals surface area contributed by atoms with Crippen molar-refractivity contribution in [1.29, 1.82) is 0 Å². The van der Waals surface area contributed by atoms with E-state index in [-0.39, 0.29) is 12.1 Å². The Labute approximate surface area is 124 Å². The predicted molar refractivity (Wildman–Crippen MR) is 83.9 cm³/mol. The highest BCUT2D eigenvalue weighted by Gasteiger charge is 2.37. The van der Waals surface area contributed by atoms with Crippen LogP contribution in [0.4, 0.5) is 0 Å². The maximum absolute atomic E-state index is 13.0. The fraction of sp³-hybridized carbons (Fsp3) is 1.00. The molecule has 0 aromatic heterocycles. The maximum Gasteiger partial charge on any atom is 0.282 e. The van der Waals surface area contributed by atoms with Crippen LogP contribution in [0, 0.1) is 5.92 Å². The van der Waals surface area contributed by atoms with Crippen LogP contribution in [-0.4, -0.2) is 55.8 Å². The van der Waals surface area contributed by atoms with Crippen LogP contribution in [0.1, 0.15) is 47.0 Å². The van der Waals surface area contributed by atoms with Gasteiger partial charge in [0.25, 0.3) is 10.2 Å². The molecule has 1 unspecified atom stereocenters. The Morgan fingerprint density at radius 2 is 1.90 bits per heavy atom. The summed E-state index contributed by atoms with van der Waals surface area (Å²) in [6, 6.07) is 0.0896. The first-order valence-corrected chi connectivity index (χ1v) is 9.13. The van der Waals surface area contributed by atoms with Crippen LogP contribution in [0.3, 0.4) is 0 Å². The minimum absolute atomic E-state index is 0.000405. The van der Waals surface area contributed by atoms with Crippen molar-refractivity contribution in [3.05, 3.63) is 0 Å². The van der Waals surface area contributed by atoms with E-state index in [9.17, 15) is 8.42 Å². The summed E-state index contributed by atoms with van der Waals surface area (Å²) in [6.45, 7) is 10.00. The Kier molecular flexibility index (Phi) is 6.91. The molecule has 0 radical (unpaired) electrons. The molecular weight excluding hydrogens is 274 g/mol. The molecule has 1 saturated heterocycles. The van der Waals surface area contributed by atoms with Crippen LogP contribution in [0.2, 0.25) is 0 Å². The first-order valence-electron chi connectivity index (χ1n) is 7.74. The van der Waals surface area contributed by atoms with Crippen LogP contribution < -0.4 is 5.32 Å². The Morgan fingerprint density at radius 1 is 1.25 bits per heavy atom. The summed E-state index contributed by atoms with van der Waals surface area (Å²) < 4.78 is 29.3. The number of likely N-dealkylation sites (N-methyl/N-ethyl adjacent to an activating group) is 1. The van der Waals surface area contributed by atoms with Crippen molar-refractivity contribution < 1.29 is 8.42 Å². The highest BCUT2D eigenvalue weighted by Crippen LogP contribution is 2.24. The molecule has 0 aromatic rings. The zero-order valence-electron chi connectivity index (χ0n) is 13.6. The number of rotatable bonds is 7.